The van der Waals surface area contributed by atoms with E-state index in [1.54, 1.807) is 6.20 Å². The average molecular weight is 515 g/mol. The monoisotopic (exact) mass is 514 g/mol. The molecule has 3 fully saturated rings. The molecule has 0 aliphatic carbocycles. The van der Waals surface area contributed by atoms with Crippen LogP contribution in [0.2, 0.25) is 0 Å². The van der Waals surface area contributed by atoms with Gasteiger partial charge in [0, 0.05) is 81.4 Å². The normalized spacial score (nSPS) is 26.5. The molecule has 9 heteroatoms. The Kier molecular flexibility index (Phi) is 6.87. The summed E-state index contributed by atoms with van der Waals surface area (Å²) in [6.45, 7) is 9.26. The van der Waals surface area contributed by atoms with Gasteiger partial charge in [-0.2, -0.15) is 5.26 Å². The minimum absolute atomic E-state index is 0.323. The highest BCUT2D eigenvalue weighted by molar-refractivity contribution is 5.95. The third kappa shape index (κ3) is 4.80. The second-order valence-electron chi connectivity index (χ2n) is 10.9. The van der Waals surface area contributed by atoms with Gasteiger partial charge in [-0.1, -0.05) is 6.07 Å². The highest BCUT2D eigenvalue weighted by Crippen LogP contribution is 2.32. The van der Waals surface area contributed by atoms with Crippen LogP contribution in [0.4, 0.5) is 15.9 Å². The quantitative estimate of drug-likeness (QED) is 0.556. The summed E-state index contributed by atoms with van der Waals surface area (Å²) < 4.78 is 13.8. The van der Waals surface area contributed by atoms with Gasteiger partial charge in [-0.25, -0.2) is 9.37 Å². The highest BCUT2D eigenvalue weighted by Gasteiger charge is 2.36. The first-order valence-corrected chi connectivity index (χ1v) is 13.6. The lowest BCUT2D eigenvalue weighted by atomic mass is 10.0. The number of fused-ring (bicyclic) bond motifs is 2. The van der Waals surface area contributed by atoms with Gasteiger partial charge in [0.2, 0.25) is 0 Å². The topological polar surface area (TPSA) is 88.5 Å². The van der Waals surface area contributed by atoms with E-state index in [2.05, 4.69) is 55.9 Å². The number of piperazine rings is 2. The van der Waals surface area contributed by atoms with Crippen LogP contribution >= 0.6 is 0 Å². The number of nitriles is 1. The molecule has 8 nitrogen and oxygen atoms in total. The van der Waals surface area contributed by atoms with Crippen LogP contribution in [0.3, 0.4) is 0 Å². The molecule has 0 spiro atoms. The molecule has 3 aliphatic rings. The molecule has 0 saturated carbocycles. The first-order chi connectivity index (χ1) is 18.5. The second-order valence-corrected chi connectivity index (χ2v) is 10.9. The van der Waals surface area contributed by atoms with E-state index in [0.29, 0.717) is 30.7 Å². The van der Waals surface area contributed by atoms with Gasteiger partial charge in [-0.05, 0) is 49.2 Å². The predicted molar refractivity (Wildman–Crippen MR) is 148 cm³/mol. The fraction of sp³-hybridized carbons (Fsp3) is 0.483. The number of nitrogens with zero attached hydrogens (tertiary/aromatic N) is 7. The van der Waals surface area contributed by atoms with E-state index >= 15 is 0 Å². The molecule has 0 bridgehead atoms. The largest absolute Gasteiger partial charge is 0.368 e. The van der Waals surface area contributed by atoms with E-state index in [1.165, 1.54) is 11.3 Å². The number of rotatable bonds is 5. The summed E-state index contributed by atoms with van der Waals surface area (Å²) in [4.78, 5) is 18.7. The number of pyridine rings is 2. The van der Waals surface area contributed by atoms with Gasteiger partial charge in [-0.3, -0.25) is 9.88 Å². The average Bonchev–Trinajstić information content (AvgIpc) is 3.29. The van der Waals surface area contributed by atoms with Crippen molar-refractivity contribution in [1.82, 2.24) is 19.8 Å². The van der Waals surface area contributed by atoms with Gasteiger partial charge in [0.05, 0.1) is 23.7 Å². The van der Waals surface area contributed by atoms with Crippen LogP contribution in [0.1, 0.15) is 18.1 Å². The van der Waals surface area contributed by atoms with Gasteiger partial charge < -0.3 is 20.4 Å². The molecular formula is C29H35FN8. The molecule has 0 unspecified atom stereocenters. The van der Waals surface area contributed by atoms with E-state index in [-0.39, 0.29) is 0 Å². The van der Waals surface area contributed by atoms with Crippen molar-refractivity contribution in [3.63, 3.8) is 0 Å². The van der Waals surface area contributed by atoms with Crippen molar-refractivity contribution in [3.8, 4) is 6.07 Å². The molecule has 2 N–H and O–H groups in total. The predicted octanol–water partition coefficient (Wildman–Crippen LogP) is 2.42. The second kappa shape index (κ2) is 10.4. The number of anilines is 2. The van der Waals surface area contributed by atoms with Crippen LogP contribution in [0.15, 0.2) is 48.8 Å². The SMILES string of the molecule is C[C@@H]1CN(c2ccc(C#N)c3ncccc23)C[C@@H]2CN(CCc3ccc(N4C[C@@H](N)[C@H](F)C4)nc3)CCN21. The minimum Gasteiger partial charge on any atom is -0.368 e. The van der Waals surface area contributed by atoms with Gasteiger partial charge in [0.15, 0.2) is 0 Å². The lowest BCUT2D eigenvalue weighted by molar-refractivity contribution is 0.0356. The number of halogens is 1. The molecule has 0 radical (unpaired) electrons. The van der Waals surface area contributed by atoms with Gasteiger partial charge in [-0.15, -0.1) is 0 Å². The Balaban J connectivity index is 1.10. The highest BCUT2D eigenvalue weighted by atomic mass is 19.1. The fourth-order valence-electron chi connectivity index (χ4n) is 6.37. The third-order valence-electron chi connectivity index (χ3n) is 8.44. The van der Waals surface area contributed by atoms with Crippen LogP contribution in [0.5, 0.6) is 0 Å². The van der Waals surface area contributed by atoms with E-state index in [9.17, 15) is 9.65 Å². The maximum absolute atomic E-state index is 13.8. The molecule has 2 aromatic heterocycles. The lowest BCUT2D eigenvalue weighted by Gasteiger charge is -2.51. The Morgan fingerprint density at radius 1 is 1.03 bits per heavy atom. The van der Waals surface area contributed by atoms with Crippen LogP contribution in [0.25, 0.3) is 10.9 Å². The Hall–Kier alpha value is -3.32. The van der Waals surface area contributed by atoms with Crippen molar-refractivity contribution in [2.45, 2.75) is 37.6 Å². The van der Waals surface area contributed by atoms with Gasteiger partial charge in [0.25, 0.3) is 0 Å². The van der Waals surface area contributed by atoms with Crippen molar-refractivity contribution in [1.29, 1.82) is 5.26 Å². The van der Waals surface area contributed by atoms with Crippen molar-refractivity contribution in [2.24, 2.45) is 5.73 Å². The smallest absolute Gasteiger partial charge is 0.134 e. The maximum atomic E-state index is 13.8. The Bertz CT molecular complexity index is 1310. The summed E-state index contributed by atoms with van der Waals surface area (Å²) >= 11 is 0. The van der Waals surface area contributed by atoms with E-state index in [0.717, 1.165) is 62.4 Å². The van der Waals surface area contributed by atoms with Crippen molar-refractivity contribution in [3.05, 3.63) is 59.9 Å². The summed E-state index contributed by atoms with van der Waals surface area (Å²) in [5.41, 5.74) is 9.60. The first kappa shape index (κ1) is 25.0. The zero-order chi connectivity index (χ0) is 26.2. The van der Waals surface area contributed by atoms with Crippen molar-refractivity contribution in [2.75, 3.05) is 62.2 Å². The first-order valence-electron chi connectivity index (χ1n) is 13.6. The maximum Gasteiger partial charge on any atom is 0.134 e. The van der Waals surface area contributed by atoms with Crippen molar-refractivity contribution < 1.29 is 4.39 Å². The summed E-state index contributed by atoms with van der Waals surface area (Å²) in [6, 6.07) is 14.9. The third-order valence-corrected chi connectivity index (χ3v) is 8.44. The molecule has 1 aromatic carbocycles. The van der Waals surface area contributed by atoms with E-state index in [1.807, 2.05) is 29.3 Å². The standard InChI is InChI=1S/C29H35FN8/c1-20-15-36(27-6-5-22(13-31)29-24(27)3-2-9-33-29)17-23-16-35(11-12-38(20)23)10-8-21-4-7-28(34-14-21)37-18-25(30)26(32)19-37/h2-7,9,14,20,23,25-26H,8,10-12,15-19,32H2,1H3/t20-,23+,25-,26-/m1/s1. The molecule has 5 heterocycles. The zero-order valence-electron chi connectivity index (χ0n) is 21.9. The van der Waals surface area contributed by atoms with E-state index in [4.69, 9.17) is 5.73 Å². The number of hydrogen-bond donors (Lipinski definition) is 1. The molecule has 6 rings (SSSR count). The number of nitrogens with two attached hydrogens (primary N) is 1. The van der Waals surface area contributed by atoms with Crippen LogP contribution < -0.4 is 15.5 Å². The molecular weight excluding hydrogens is 479 g/mol. The molecule has 3 aliphatic heterocycles. The van der Waals surface area contributed by atoms with Crippen LogP contribution in [-0.4, -0.2) is 96.4 Å². The Labute approximate surface area is 223 Å². The number of hydrogen-bond acceptors (Lipinski definition) is 8. The molecule has 198 valence electrons. The van der Waals surface area contributed by atoms with E-state index < -0.39 is 12.2 Å². The number of alkyl halides is 1. The number of benzene rings is 1. The minimum atomic E-state index is -0.985. The lowest BCUT2D eigenvalue weighted by Crippen LogP contribution is -2.65. The fourth-order valence-corrected chi connectivity index (χ4v) is 6.37. The molecule has 3 aromatic rings. The summed E-state index contributed by atoms with van der Waals surface area (Å²) in [5, 5.41) is 10.6. The van der Waals surface area contributed by atoms with Gasteiger partial charge in [0.1, 0.15) is 18.1 Å². The summed E-state index contributed by atoms with van der Waals surface area (Å²) in [6.07, 6.45) is 3.64. The van der Waals surface area contributed by atoms with Crippen LogP contribution in [-0.2, 0) is 6.42 Å². The Morgan fingerprint density at radius 2 is 1.92 bits per heavy atom. The molecule has 3 saturated heterocycles. The summed E-state index contributed by atoms with van der Waals surface area (Å²) in [7, 11) is 0. The zero-order valence-corrected chi connectivity index (χ0v) is 21.9. The van der Waals surface area contributed by atoms with Crippen molar-refractivity contribution >= 4 is 22.4 Å². The van der Waals surface area contributed by atoms with Crippen LogP contribution in [0, 0.1) is 11.3 Å². The number of aromatic nitrogens is 2. The molecule has 38 heavy (non-hydrogen) atoms. The molecule has 0 amide bonds. The van der Waals surface area contributed by atoms with Gasteiger partial charge >= 0.3 is 0 Å². The Morgan fingerprint density at radius 3 is 2.68 bits per heavy atom. The summed E-state index contributed by atoms with van der Waals surface area (Å²) in [5.74, 6) is 0.805. The molecule has 4 atom stereocenters.